The van der Waals surface area contributed by atoms with Gasteiger partial charge in [-0.2, -0.15) is 0 Å². The Labute approximate surface area is 147 Å². The molecule has 2 aromatic carbocycles. The smallest absolute Gasteiger partial charge is 0.220 e. The van der Waals surface area contributed by atoms with Gasteiger partial charge in [0.2, 0.25) is 5.91 Å². The summed E-state index contributed by atoms with van der Waals surface area (Å²) in [4.78, 5) is 24.1. The van der Waals surface area contributed by atoms with Gasteiger partial charge in [-0.1, -0.05) is 30.3 Å². The Balaban J connectivity index is 1.43. The van der Waals surface area contributed by atoms with Crippen LogP contribution in [0.25, 0.3) is 0 Å². The van der Waals surface area contributed by atoms with Crippen molar-refractivity contribution in [3.05, 3.63) is 59.7 Å². The number of carbonyl (C=O) groups excluding carboxylic acids is 2. The summed E-state index contributed by atoms with van der Waals surface area (Å²) in [5, 5.41) is 2.85. The highest BCUT2D eigenvalue weighted by Crippen LogP contribution is 2.31. The minimum atomic E-state index is -0.109. The number of hydrogen-bond donors (Lipinski definition) is 1. The summed E-state index contributed by atoms with van der Waals surface area (Å²) >= 11 is 0. The highest BCUT2D eigenvalue weighted by Gasteiger charge is 2.15. The number of amides is 1. The van der Waals surface area contributed by atoms with Crippen molar-refractivity contribution in [1.82, 2.24) is 5.32 Å². The summed E-state index contributed by atoms with van der Waals surface area (Å²) in [7, 11) is 0. The number of Topliss-reactive ketones (excluding diaryl/α,β-unsaturated/α-hetero) is 1. The molecule has 0 saturated carbocycles. The highest BCUT2D eigenvalue weighted by atomic mass is 16.6. The maximum Gasteiger partial charge on any atom is 0.220 e. The van der Waals surface area contributed by atoms with Gasteiger partial charge in [0, 0.05) is 24.9 Å². The summed E-state index contributed by atoms with van der Waals surface area (Å²) in [6.07, 6.45) is 1.14. The number of hydrogen-bond acceptors (Lipinski definition) is 4. The minimum Gasteiger partial charge on any atom is -0.486 e. The van der Waals surface area contributed by atoms with E-state index in [2.05, 4.69) is 5.32 Å². The number of rotatable bonds is 7. The summed E-state index contributed by atoms with van der Waals surface area (Å²) in [5.74, 6) is 1.06. The monoisotopic (exact) mass is 339 g/mol. The molecule has 0 saturated heterocycles. The van der Waals surface area contributed by atoms with Crippen LogP contribution in [0.15, 0.2) is 48.5 Å². The molecule has 0 fully saturated rings. The van der Waals surface area contributed by atoms with Crippen molar-refractivity contribution < 1.29 is 19.1 Å². The average Bonchev–Trinajstić information content (AvgIpc) is 2.66. The molecule has 0 aliphatic carbocycles. The van der Waals surface area contributed by atoms with E-state index in [0.717, 1.165) is 6.42 Å². The lowest BCUT2D eigenvalue weighted by molar-refractivity contribution is -0.121. The third kappa shape index (κ3) is 4.83. The Hall–Kier alpha value is -2.82. The van der Waals surface area contributed by atoms with Gasteiger partial charge in [0.25, 0.3) is 0 Å². The van der Waals surface area contributed by atoms with Gasteiger partial charge in [0.1, 0.15) is 13.2 Å². The number of benzene rings is 2. The minimum absolute atomic E-state index is 0.0739. The molecule has 5 heteroatoms. The van der Waals surface area contributed by atoms with Crippen molar-refractivity contribution >= 4 is 11.7 Å². The van der Waals surface area contributed by atoms with E-state index >= 15 is 0 Å². The highest BCUT2D eigenvalue weighted by molar-refractivity contribution is 5.98. The molecule has 1 heterocycles. The van der Waals surface area contributed by atoms with Gasteiger partial charge in [-0.15, -0.1) is 0 Å². The van der Waals surface area contributed by atoms with E-state index in [0.29, 0.717) is 36.8 Å². The molecule has 0 radical (unpaired) electrons. The third-order valence-corrected chi connectivity index (χ3v) is 4.02. The average molecular weight is 339 g/mol. The van der Waals surface area contributed by atoms with Crippen molar-refractivity contribution in [2.75, 3.05) is 19.8 Å². The first kappa shape index (κ1) is 17.0. The van der Waals surface area contributed by atoms with E-state index in [1.165, 1.54) is 5.56 Å². The van der Waals surface area contributed by atoms with Crippen molar-refractivity contribution in [1.29, 1.82) is 0 Å². The van der Waals surface area contributed by atoms with Gasteiger partial charge in [-0.05, 0) is 30.2 Å². The molecule has 1 amide bonds. The summed E-state index contributed by atoms with van der Waals surface area (Å²) in [6.45, 7) is 1.57. The van der Waals surface area contributed by atoms with E-state index in [9.17, 15) is 9.59 Å². The molecule has 0 bridgehead atoms. The van der Waals surface area contributed by atoms with E-state index in [1.807, 2.05) is 30.3 Å². The second-order valence-electron chi connectivity index (χ2n) is 5.87. The second kappa shape index (κ2) is 8.33. The van der Waals surface area contributed by atoms with Crippen molar-refractivity contribution in [3.8, 4) is 11.5 Å². The Morgan fingerprint density at radius 2 is 1.68 bits per heavy atom. The Morgan fingerprint density at radius 3 is 2.48 bits per heavy atom. The van der Waals surface area contributed by atoms with Crippen LogP contribution in [0.3, 0.4) is 0 Å². The maximum absolute atomic E-state index is 12.3. The van der Waals surface area contributed by atoms with Crippen LogP contribution < -0.4 is 14.8 Å². The van der Waals surface area contributed by atoms with Crippen LogP contribution >= 0.6 is 0 Å². The predicted octanol–water partition coefficient (Wildman–Crippen LogP) is 2.78. The van der Waals surface area contributed by atoms with Crippen LogP contribution in [0.5, 0.6) is 11.5 Å². The zero-order valence-corrected chi connectivity index (χ0v) is 14.0. The molecule has 3 rings (SSSR count). The molecule has 1 aliphatic heterocycles. The molecule has 0 spiro atoms. The number of fused-ring (bicyclic) bond motifs is 1. The molecule has 1 N–H and O–H groups in total. The van der Waals surface area contributed by atoms with Crippen molar-refractivity contribution in [2.24, 2.45) is 0 Å². The molecule has 5 nitrogen and oxygen atoms in total. The van der Waals surface area contributed by atoms with Crippen LogP contribution in [-0.2, 0) is 11.2 Å². The van der Waals surface area contributed by atoms with E-state index in [4.69, 9.17) is 9.47 Å². The molecule has 25 heavy (non-hydrogen) atoms. The van der Waals surface area contributed by atoms with E-state index in [1.54, 1.807) is 18.2 Å². The SMILES string of the molecule is O=C(CCC(=O)c1ccc2c(c1)OCCO2)NCCc1ccccc1. The fourth-order valence-corrected chi connectivity index (χ4v) is 2.67. The Morgan fingerprint density at radius 1 is 0.920 bits per heavy atom. The second-order valence-corrected chi connectivity index (χ2v) is 5.87. The van der Waals surface area contributed by atoms with Gasteiger partial charge in [0.15, 0.2) is 17.3 Å². The molecular formula is C20H21NO4. The van der Waals surface area contributed by atoms with E-state index in [-0.39, 0.29) is 24.5 Å². The predicted molar refractivity (Wildman–Crippen MR) is 94.2 cm³/mol. The van der Waals surface area contributed by atoms with Crippen LogP contribution in [0, 0.1) is 0 Å². The quantitative estimate of drug-likeness (QED) is 0.788. The van der Waals surface area contributed by atoms with Crippen LogP contribution in [0.2, 0.25) is 0 Å². The van der Waals surface area contributed by atoms with Gasteiger partial charge in [0.05, 0.1) is 0 Å². The van der Waals surface area contributed by atoms with Crippen LogP contribution in [0.4, 0.5) is 0 Å². The fourth-order valence-electron chi connectivity index (χ4n) is 2.67. The zero-order chi connectivity index (χ0) is 17.5. The fraction of sp³-hybridized carbons (Fsp3) is 0.300. The lowest BCUT2D eigenvalue weighted by Crippen LogP contribution is -2.26. The maximum atomic E-state index is 12.3. The van der Waals surface area contributed by atoms with Crippen LogP contribution in [-0.4, -0.2) is 31.4 Å². The van der Waals surface area contributed by atoms with Gasteiger partial charge in [-0.25, -0.2) is 0 Å². The molecular weight excluding hydrogens is 318 g/mol. The molecule has 2 aromatic rings. The van der Waals surface area contributed by atoms with Gasteiger partial charge in [-0.3, -0.25) is 9.59 Å². The molecule has 130 valence electrons. The Bertz CT molecular complexity index is 743. The summed E-state index contributed by atoms with van der Waals surface area (Å²) in [6, 6.07) is 15.1. The first-order valence-corrected chi connectivity index (χ1v) is 8.46. The Kier molecular flexibility index (Phi) is 5.67. The lowest BCUT2D eigenvalue weighted by atomic mass is 10.1. The molecule has 1 aliphatic rings. The summed E-state index contributed by atoms with van der Waals surface area (Å²) < 4.78 is 10.9. The van der Waals surface area contributed by atoms with Crippen LogP contribution in [0.1, 0.15) is 28.8 Å². The van der Waals surface area contributed by atoms with E-state index < -0.39 is 0 Å². The largest absolute Gasteiger partial charge is 0.486 e. The molecule has 0 aromatic heterocycles. The number of ketones is 1. The topological polar surface area (TPSA) is 64.6 Å². The third-order valence-electron chi connectivity index (χ3n) is 4.02. The van der Waals surface area contributed by atoms with Crippen molar-refractivity contribution in [2.45, 2.75) is 19.3 Å². The first-order chi connectivity index (χ1) is 12.2. The standard InChI is InChI=1S/C20H21NO4/c22-17(16-6-8-18-19(14-16)25-13-12-24-18)7-9-20(23)21-11-10-15-4-2-1-3-5-15/h1-6,8,14H,7,9-13H2,(H,21,23). The van der Waals surface area contributed by atoms with Crippen molar-refractivity contribution in [3.63, 3.8) is 0 Å². The zero-order valence-electron chi connectivity index (χ0n) is 14.0. The van der Waals surface area contributed by atoms with Gasteiger partial charge < -0.3 is 14.8 Å². The summed E-state index contributed by atoms with van der Waals surface area (Å²) in [5.41, 5.74) is 1.72. The number of ether oxygens (including phenoxy) is 2. The normalized spacial score (nSPS) is 12.5. The number of carbonyl (C=O) groups is 2. The molecule has 0 atom stereocenters. The number of nitrogens with one attached hydrogen (secondary N) is 1. The van der Waals surface area contributed by atoms with Gasteiger partial charge >= 0.3 is 0 Å². The lowest BCUT2D eigenvalue weighted by Gasteiger charge is -2.18. The first-order valence-electron chi connectivity index (χ1n) is 8.46. The molecule has 0 unspecified atom stereocenters.